The maximum Gasteiger partial charge on any atom is 0.122 e. The molecule has 0 radical (unpaired) electrons. The highest BCUT2D eigenvalue weighted by Crippen LogP contribution is 2.27. The highest BCUT2D eigenvalue weighted by atomic mass is 16.5. The van der Waals surface area contributed by atoms with E-state index >= 15 is 0 Å². The number of aromatic hydroxyl groups is 1. The van der Waals surface area contributed by atoms with Crippen LogP contribution in [0.3, 0.4) is 0 Å². The molecule has 2 unspecified atom stereocenters. The summed E-state index contributed by atoms with van der Waals surface area (Å²) < 4.78 is 5.80. The number of aliphatic hydroxyl groups is 1. The smallest absolute Gasteiger partial charge is 0.122 e. The summed E-state index contributed by atoms with van der Waals surface area (Å²) in [4.78, 5) is 0. The molecular formula is C24H43NO3. The number of aryl methyl sites for hydroxylation is 1. The second-order valence-corrected chi connectivity index (χ2v) is 8.94. The van der Waals surface area contributed by atoms with E-state index < -0.39 is 5.54 Å². The summed E-state index contributed by atoms with van der Waals surface area (Å²) in [6.45, 7) is 9.55. The van der Waals surface area contributed by atoms with E-state index in [1.54, 1.807) is 6.07 Å². The molecule has 1 aromatic rings. The van der Waals surface area contributed by atoms with Gasteiger partial charge in [-0.1, -0.05) is 59.4 Å². The van der Waals surface area contributed by atoms with Crippen molar-refractivity contribution in [3.05, 3.63) is 23.8 Å². The zero-order valence-electron chi connectivity index (χ0n) is 18.5. The lowest BCUT2D eigenvalue weighted by atomic mass is 9.90. The quantitative estimate of drug-likeness (QED) is 0.347. The maximum atomic E-state index is 10.2. The number of ether oxygens (including phenoxy) is 1. The van der Waals surface area contributed by atoms with E-state index in [1.807, 2.05) is 19.1 Å². The Morgan fingerprint density at radius 3 is 2.39 bits per heavy atom. The third kappa shape index (κ3) is 9.79. The standard InChI is InChI=1S/C24H43NO3/c1-5-24(25,18-26)15-14-21-12-13-22(17-23(21)27)28-16-7-6-10-20(4)11-8-9-19(2)3/h12-13,17,19-20,26-27H,5-11,14-16,18,25H2,1-4H3. The Morgan fingerprint density at radius 1 is 1.07 bits per heavy atom. The third-order valence-electron chi connectivity index (χ3n) is 5.81. The molecule has 162 valence electrons. The number of aliphatic hydroxyl groups excluding tert-OH is 1. The average Bonchev–Trinajstić information content (AvgIpc) is 2.66. The molecule has 0 amide bonds. The van der Waals surface area contributed by atoms with Crippen LogP contribution in [0.2, 0.25) is 0 Å². The monoisotopic (exact) mass is 393 g/mol. The van der Waals surface area contributed by atoms with Gasteiger partial charge in [0, 0.05) is 11.6 Å². The second kappa shape index (κ2) is 13.1. The van der Waals surface area contributed by atoms with Crippen LogP contribution < -0.4 is 10.5 Å². The summed E-state index contributed by atoms with van der Waals surface area (Å²) in [7, 11) is 0. The predicted octanol–water partition coefficient (Wildman–Crippen LogP) is 5.44. The average molecular weight is 394 g/mol. The molecule has 1 aromatic carbocycles. The Kier molecular flexibility index (Phi) is 11.6. The van der Waals surface area contributed by atoms with Gasteiger partial charge < -0.3 is 20.7 Å². The number of phenolic OH excluding ortho intramolecular Hbond substituents is 1. The van der Waals surface area contributed by atoms with Crippen molar-refractivity contribution < 1.29 is 14.9 Å². The molecule has 0 aromatic heterocycles. The molecule has 0 heterocycles. The second-order valence-electron chi connectivity index (χ2n) is 8.94. The first-order valence-electron chi connectivity index (χ1n) is 11.1. The van der Waals surface area contributed by atoms with Gasteiger partial charge in [0.25, 0.3) is 0 Å². The van der Waals surface area contributed by atoms with E-state index in [2.05, 4.69) is 20.8 Å². The van der Waals surface area contributed by atoms with E-state index in [9.17, 15) is 10.2 Å². The maximum absolute atomic E-state index is 10.2. The Hall–Kier alpha value is -1.26. The number of hydrogen-bond donors (Lipinski definition) is 3. The fourth-order valence-electron chi connectivity index (χ4n) is 3.40. The summed E-state index contributed by atoms with van der Waals surface area (Å²) in [6.07, 6.45) is 9.47. The van der Waals surface area contributed by atoms with E-state index in [0.29, 0.717) is 31.6 Å². The Balaban J connectivity index is 2.28. The van der Waals surface area contributed by atoms with Gasteiger partial charge >= 0.3 is 0 Å². The van der Waals surface area contributed by atoms with Gasteiger partial charge in [0.2, 0.25) is 0 Å². The molecular weight excluding hydrogens is 350 g/mol. The molecule has 0 saturated heterocycles. The van der Waals surface area contributed by atoms with Crippen LogP contribution in [-0.2, 0) is 6.42 Å². The minimum atomic E-state index is -0.576. The fourth-order valence-corrected chi connectivity index (χ4v) is 3.40. The molecule has 0 bridgehead atoms. The van der Waals surface area contributed by atoms with Gasteiger partial charge in [0.15, 0.2) is 0 Å². The zero-order valence-corrected chi connectivity index (χ0v) is 18.5. The Morgan fingerprint density at radius 2 is 1.79 bits per heavy atom. The van der Waals surface area contributed by atoms with Crippen LogP contribution in [0.5, 0.6) is 11.5 Å². The van der Waals surface area contributed by atoms with Crippen LogP contribution in [0, 0.1) is 11.8 Å². The van der Waals surface area contributed by atoms with Gasteiger partial charge in [0.05, 0.1) is 13.2 Å². The van der Waals surface area contributed by atoms with E-state index in [4.69, 9.17) is 10.5 Å². The van der Waals surface area contributed by atoms with Crippen molar-refractivity contribution in [1.82, 2.24) is 0 Å². The summed E-state index contributed by atoms with van der Waals surface area (Å²) >= 11 is 0. The molecule has 0 saturated carbocycles. The molecule has 4 N–H and O–H groups in total. The summed E-state index contributed by atoms with van der Waals surface area (Å²) in [6, 6.07) is 5.49. The lowest BCUT2D eigenvalue weighted by Crippen LogP contribution is -2.43. The minimum absolute atomic E-state index is 0.0399. The molecule has 0 aliphatic carbocycles. The van der Waals surface area contributed by atoms with E-state index in [1.165, 1.54) is 32.1 Å². The molecule has 0 fully saturated rings. The number of unbranched alkanes of at least 4 members (excludes halogenated alkanes) is 1. The first kappa shape index (κ1) is 24.8. The van der Waals surface area contributed by atoms with Crippen LogP contribution in [0.15, 0.2) is 18.2 Å². The normalized spacial score (nSPS) is 14.8. The summed E-state index contributed by atoms with van der Waals surface area (Å²) in [5, 5.41) is 19.7. The van der Waals surface area contributed by atoms with Crippen molar-refractivity contribution in [2.75, 3.05) is 13.2 Å². The number of phenols is 1. The van der Waals surface area contributed by atoms with Crippen LogP contribution in [0.4, 0.5) is 0 Å². The molecule has 0 aliphatic rings. The highest BCUT2D eigenvalue weighted by molar-refractivity contribution is 5.39. The molecule has 4 heteroatoms. The van der Waals surface area contributed by atoms with Gasteiger partial charge in [-0.15, -0.1) is 0 Å². The lowest BCUT2D eigenvalue weighted by molar-refractivity contribution is 0.182. The third-order valence-corrected chi connectivity index (χ3v) is 5.81. The van der Waals surface area contributed by atoms with Crippen molar-refractivity contribution in [2.24, 2.45) is 17.6 Å². The Bertz CT molecular complexity index is 541. The van der Waals surface area contributed by atoms with Crippen molar-refractivity contribution in [1.29, 1.82) is 0 Å². The van der Waals surface area contributed by atoms with Gasteiger partial charge in [0.1, 0.15) is 11.5 Å². The van der Waals surface area contributed by atoms with Gasteiger partial charge in [-0.3, -0.25) is 0 Å². The first-order chi connectivity index (χ1) is 13.3. The number of hydrogen-bond acceptors (Lipinski definition) is 4. The first-order valence-corrected chi connectivity index (χ1v) is 11.1. The van der Waals surface area contributed by atoms with Gasteiger partial charge in [-0.25, -0.2) is 0 Å². The number of benzene rings is 1. The zero-order chi connectivity index (χ0) is 21.0. The molecule has 2 atom stereocenters. The van der Waals surface area contributed by atoms with Crippen LogP contribution >= 0.6 is 0 Å². The van der Waals surface area contributed by atoms with Gasteiger partial charge in [-0.2, -0.15) is 0 Å². The van der Waals surface area contributed by atoms with Gasteiger partial charge in [-0.05, 0) is 55.6 Å². The van der Waals surface area contributed by atoms with Crippen LogP contribution in [-0.4, -0.2) is 29.0 Å². The molecule has 4 nitrogen and oxygen atoms in total. The Labute approximate surface area is 172 Å². The predicted molar refractivity (Wildman–Crippen MR) is 118 cm³/mol. The van der Waals surface area contributed by atoms with Crippen molar-refractivity contribution in [3.63, 3.8) is 0 Å². The highest BCUT2D eigenvalue weighted by Gasteiger charge is 2.21. The minimum Gasteiger partial charge on any atom is -0.508 e. The molecule has 0 spiro atoms. The topological polar surface area (TPSA) is 75.7 Å². The number of rotatable bonds is 15. The number of nitrogens with two attached hydrogens (primary N) is 1. The largest absolute Gasteiger partial charge is 0.508 e. The molecule has 28 heavy (non-hydrogen) atoms. The summed E-state index contributed by atoms with van der Waals surface area (Å²) in [5.41, 5.74) is 6.39. The fraction of sp³-hybridized carbons (Fsp3) is 0.750. The van der Waals surface area contributed by atoms with Crippen molar-refractivity contribution in [2.45, 2.75) is 91.0 Å². The molecule has 1 rings (SSSR count). The van der Waals surface area contributed by atoms with Crippen LogP contribution in [0.25, 0.3) is 0 Å². The lowest BCUT2D eigenvalue weighted by Gasteiger charge is -2.25. The van der Waals surface area contributed by atoms with E-state index in [-0.39, 0.29) is 12.4 Å². The SMILES string of the molecule is CCC(N)(CO)CCc1ccc(OCCCCC(C)CCCC(C)C)cc1O. The van der Waals surface area contributed by atoms with Crippen LogP contribution in [0.1, 0.15) is 84.6 Å². The van der Waals surface area contributed by atoms with Crippen molar-refractivity contribution in [3.8, 4) is 11.5 Å². The molecule has 0 aliphatic heterocycles. The van der Waals surface area contributed by atoms with Crippen molar-refractivity contribution >= 4 is 0 Å². The summed E-state index contributed by atoms with van der Waals surface area (Å²) in [5.74, 6) is 2.55. The van der Waals surface area contributed by atoms with E-state index in [0.717, 1.165) is 23.8 Å².